The van der Waals surface area contributed by atoms with Gasteiger partial charge in [-0.15, -0.1) is 0 Å². The van der Waals surface area contributed by atoms with E-state index in [1.165, 1.54) is 24.8 Å². The van der Waals surface area contributed by atoms with Gasteiger partial charge in [-0.25, -0.2) is 0 Å². The first kappa shape index (κ1) is 15.4. The van der Waals surface area contributed by atoms with Gasteiger partial charge in [-0.1, -0.05) is 41.9 Å². The SMILES string of the molecule is CC(C)(CN=C(N)N1CCCCC1)c1ccc(Br)cc1. The molecule has 1 aromatic rings. The molecule has 1 fully saturated rings. The molecule has 0 spiro atoms. The number of hydrogen-bond donors (Lipinski definition) is 1. The van der Waals surface area contributed by atoms with Crippen LogP contribution in [0.3, 0.4) is 0 Å². The van der Waals surface area contributed by atoms with Gasteiger partial charge in [0, 0.05) is 23.0 Å². The fourth-order valence-electron chi connectivity index (χ4n) is 2.49. The molecule has 1 aromatic carbocycles. The Hall–Kier alpha value is -1.03. The molecule has 1 aliphatic rings. The predicted octanol–water partition coefficient (Wildman–Crippen LogP) is 3.53. The number of nitrogens with two attached hydrogens (primary N) is 1. The third-order valence-corrected chi connectivity index (χ3v) is 4.47. The minimum atomic E-state index is 0.00110. The maximum atomic E-state index is 6.13. The van der Waals surface area contributed by atoms with E-state index in [1.54, 1.807) is 0 Å². The van der Waals surface area contributed by atoms with Gasteiger partial charge in [-0.2, -0.15) is 0 Å². The number of likely N-dealkylation sites (tertiary alicyclic amines) is 1. The third kappa shape index (κ3) is 3.98. The van der Waals surface area contributed by atoms with Gasteiger partial charge in [-0.05, 0) is 37.0 Å². The number of piperidine rings is 1. The van der Waals surface area contributed by atoms with E-state index in [-0.39, 0.29) is 5.41 Å². The van der Waals surface area contributed by atoms with Gasteiger partial charge in [-0.3, -0.25) is 4.99 Å². The van der Waals surface area contributed by atoms with E-state index >= 15 is 0 Å². The van der Waals surface area contributed by atoms with Crippen LogP contribution in [0.2, 0.25) is 0 Å². The quantitative estimate of drug-likeness (QED) is 0.677. The lowest BCUT2D eigenvalue weighted by molar-refractivity contribution is 0.337. The lowest BCUT2D eigenvalue weighted by atomic mass is 9.85. The molecule has 0 saturated carbocycles. The maximum absolute atomic E-state index is 6.13. The molecule has 1 aliphatic heterocycles. The molecular weight excluding hydrogens is 314 g/mol. The van der Waals surface area contributed by atoms with E-state index in [2.05, 4.69) is 63.9 Å². The second kappa shape index (κ2) is 6.61. The summed E-state index contributed by atoms with van der Waals surface area (Å²) in [6.07, 6.45) is 3.77. The zero-order valence-electron chi connectivity index (χ0n) is 12.4. The molecule has 0 bridgehead atoms. The monoisotopic (exact) mass is 337 g/mol. The average molecular weight is 338 g/mol. The van der Waals surface area contributed by atoms with E-state index in [0.29, 0.717) is 5.96 Å². The zero-order chi connectivity index (χ0) is 14.6. The van der Waals surface area contributed by atoms with Crippen LogP contribution in [0, 0.1) is 0 Å². The van der Waals surface area contributed by atoms with Gasteiger partial charge in [0.25, 0.3) is 0 Å². The summed E-state index contributed by atoms with van der Waals surface area (Å²) in [5, 5.41) is 0. The van der Waals surface area contributed by atoms with Crippen LogP contribution in [0.4, 0.5) is 0 Å². The van der Waals surface area contributed by atoms with Crippen molar-refractivity contribution in [3.05, 3.63) is 34.3 Å². The Kier molecular flexibility index (Phi) is 5.08. The molecule has 0 aromatic heterocycles. The normalized spacial score (nSPS) is 17.4. The highest BCUT2D eigenvalue weighted by molar-refractivity contribution is 9.10. The number of guanidine groups is 1. The standard InChI is InChI=1S/C16H24BrN3/c1-16(2,13-6-8-14(17)9-7-13)12-19-15(18)20-10-4-3-5-11-20/h6-9H,3-5,10-12H2,1-2H3,(H2,18,19). The molecule has 110 valence electrons. The Morgan fingerprint density at radius 3 is 2.40 bits per heavy atom. The van der Waals surface area contributed by atoms with Gasteiger partial charge in [0.1, 0.15) is 0 Å². The number of halogens is 1. The molecule has 1 saturated heterocycles. The first-order valence-corrected chi connectivity index (χ1v) is 8.09. The molecule has 0 amide bonds. The molecule has 3 nitrogen and oxygen atoms in total. The summed E-state index contributed by atoms with van der Waals surface area (Å²) in [4.78, 5) is 6.84. The molecule has 2 rings (SSSR count). The Labute approximate surface area is 130 Å². The molecule has 1 heterocycles. The molecule has 4 heteroatoms. The van der Waals surface area contributed by atoms with E-state index in [9.17, 15) is 0 Å². The van der Waals surface area contributed by atoms with Crippen molar-refractivity contribution in [2.75, 3.05) is 19.6 Å². The van der Waals surface area contributed by atoms with E-state index < -0.39 is 0 Å². The van der Waals surface area contributed by atoms with Crippen molar-refractivity contribution in [1.29, 1.82) is 0 Å². The van der Waals surface area contributed by atoms with Crippen LogP contribution in [0.25, 0.3) is 0 Å². The fourth-order valence-corrected chi connectivity index (χ4v) is 2.76. The Morgan fingerprint density at radius 1 is 1.20 bits per heavy atom. The van der Waals surface area contributed by atoms with Crippen molar-refractivity contribution < 1.29 is 0 Å². The molecule has 0 radical (unpaired) electrons. The maximum Gasteiger partial charge on any atom is 0.191 e. The van der Waals surface area contributed by atoms with Crippen LogP contribution in [0.5, 0.6) is 0 Å². The van der Waals surface area contributed by atoms with Crippen molar-refractivity contribution in [2.45, 2.75) is 38.5 Å². The van der Waals surface area contributed by atoms with Gasteiger partial charge in [0.15, 0.2) is 5.96 Å². The Balaban J connectivity index is 2.01. The Morgan fingerprint density at radius 2 is 1.80 bits per heavy atom. The van der Waals surface area contributed by atoms with Crippen molar-refractivity contribution in [1.82, 2.24) is 4.90 Å². The van der Waals surface area contributed by atoms with Crippen LogP contribution >= 0.6 is 15.9 Å². The highest BCUT2D eigenvalue weighted by Crippen LogP contribution is 2.25. The fraction of sp³-hybridized carbons (Fsp3) is 0.562. The summed E-state index contributed by atoms with van der Waals surface area (Å²) >= 11 is 3.47. The molecule has 0 aliphatic carbocycles. The van der Waals surface area contributed by atoms with E-state index in [0.717, 1.165) is 24.1 Å². The van der Waals surface area contributed by atoms with Crippen LogP contribution < -0.4 is 5.73 Å². The zero-order valence-corrected chi connectivity index (χ0v) is 14.0. The van der Waals surface area contributed by atoms with Gasteiger partial charge in [0.05, 0.1) is 6.54 Å². The second-order valence-electron chi connectivity index (χ2n) is 6.11. The number of rotatable bonds is 3. The highest BCUT2D eigenvalue weighted by atomic mass is 79.9. The number of benzene rings is 1. The van der Waals surface area contributed by atoms with Gasteiger partial charge in [0.2, 0.25) is 0 Å². The lowest BCUT2D eigenvalue weighted by Gasteiger charge is -2.29. The molecule has 0 unspecified atom stereocenters. The summed E-state index contributed by atoms with van der Waals surface area (Å²) in [5.41, 5.74) is 7.42. The molecule has 0 atom stereocenters. The minimum absolute atomic E-state index is 0.00110. The lowest BCUT2D eigenvalue weighted by Crippen LogP contribution is -2.41. The van der Waals surface area contributed by atoms with Crippen LogP contribution in [-0.4, -0.2) is 30.5 Å². The minimum Gasteiger partial charge on any atom is -0.370 e. The second-order valence-corrected chi connectivity index (χ2v) is 7.03. The van der Waals surface area contributed by atoms with Crippen molar-refractivity contribution in [3.63, 3.8) is 0 Å². The summed E-state index contributed by atoms with van der Waals surface area (Å²) in [6.45, 7) is 7.24. The van der Waals surface area contributed by atoms with Crippen molar-refractivity contribution in [2.24, 2.45) is 10.7 Å². The van der Waals surface area contributed by atoms with E-state index in [1.807, 2.05) is 0 Å². The van der Waals surface area contributed by atoms with Crippen LogP contribution in [-0.2, 0) is 5.41 Å². The summed E-state index contributed by atoms with van der Waals surface area (Å²) in [5.74, 6) is 0.704. The largest absolute Gasteiger partial charge is 0.370 e. The van der Waals surface area contributed by atoms with Crippen LogP contribution in [0.15, 0.2) is 33.7 Å². The first-order chi connectivity index (χ1) is 9.49. The predicted molar refractivity (Wildman–Crippen MR) is 89.1 cm³/mol. The Bertz CT molecular complexity index is 459. The van der Waals surface area contributed by atoms with E-state index in [4.69, 9.17) is 5.73 Å². The van der Waals surface area contributed by atoms with Crippen molar-refractivity contribution in [3.8, 4) is 0 Å². The third-order valence-electron chi connectivity index (χ3n) is 3.94. The molecular formula is C16H24BrN3. The number of aliphatic imine (C=N–C) groups is 1. The number of nitrogens with zero attached hydrogens (tertiary/aromatic N) is 2. The van der Waals surface area contributed by atoms with Gasteiger partial charge < -0.3 is 10.6 Å². The van der Waals surface area contributed by atoms with Gasteiger partial charge >= 0.3 is 0 Å². The van der Waals surface area contributed by atoms with Crippen LogP contribution in [0.1, 0.15) is 38.7 Å². The average Bonchev–Trinajstić information content (AvgIpc) is 2.46. The topological polar surface area (TPSA) is 41.6 Å². The highest BCUT2D eigenvalue weighted by Gasteiger charge is 2.21. The molecule has 20 heavy (non-hydrogen) atoms. The first-order valence-electron chi connectivity index (χ1n) is 7.30. The number of hydrogen-bond acceptors (Lipinski definition) is 1. The molecule has 2 N–H and O–H groups in total. The summed E-state index contributed by atoms with van der Waals surface area (Å²) in [6, 6.07) is 8.46. The summed E-state index contributed by atoms with van der Waals surface area (Å²) < 4.78 is 1.10. The van der Waals surface area contributed by atoms with Crippen molar-refractivity contribution >= 4 is 21.9 Å². The smallest absolute Gasteiger partial charge is 0.191 e. The summed E-state index contributed by atoms with van der Waals surface area (Å²) in [7, 11) is 0.